The van der Waals surface area contributed by atoms with E-state index in [0.29, 0.717) is 32.0 Å². The van der Waals surface area contributed by atoms with Crippen molar-refractivity contribution in [3.05, 3.63) is 0 Å². The molecule has 0 aromatic rings. The third-order valence-corrected chi connectivity index (χ3v) is 3.41. The van der Waals surface area contributed by atoms with Gasteiger partial charge in [0.2, 0.25) is 5.91 Å². The van der Waals surface area contributed by atoms with Gasteiger partial charge in [-0.05, 0) is 25.9 Å². The van der Waals surface area contributed by atoms with E-state index in [4.69, 9.17) is 4.74 Å². The second kappa shape index (κ2) is 11.5. The summed E-state index contributed by atoms with van der Waals surface area (Å²) in [6, 6.07) is 0. The first-order chi connectivity index (χ1) is 9.94. The van der Waals surface area contributed by atoms with Gasteiger partial charge >= 0.3 is 5.97 Å². The number of ether oxygens (including phenoxy) is 1. The van der Waals surface area contributed by atoms with E-state index in [9.17, 15) is 9.59 Å². The number of hydrogen-bond donors (Lipinski definition) is 0. The van der Waals surface area contributed by atoms with Gasteiger partial charge in [-0.2, -0.15) is 0 Å². The normalized spacial score (nSPS) is 11.0. The van der Waals surface area contributed by atoms with Gasteiger partial charge in [0, 0.05) is 26.1 Å². The number of amides is 1. The Hall–Kier alpha value is -1.10. The summed E-state index contributed by atoms with van der Waals surface area (Å²) in [5, 5.41) is 0. The third kappa shape index (κ3) is 9.45. The number of rotatable bonds is 11. The van der Waals surface area contributed by atoms with Gasteiger partial charge in [-0.15, -0.1) is 0 Å². The highest BCUT2D eigenvalue weighted by atomic mass is 16.5. The van der Waals surface area contributed by atoms with Crippen molar-refractivity contribution in [1.29, 1.82) is 0 Å². The summed E-state index contributed by atoms with van der Waals surface area (Å²) in [5.74, 6) is 0.222. The maximum absolute atomic E-state index is 12.3. The van der Waals surface area contributed by atoms with Crippen molar-refractivity contribution < 1.29 is 14.3 Å². The van der Waals surface area contributed by atoms with E-state index in [1.807, 2.05) is 13.8 Å². The van der Waals surface area contributed by atoms with Gasteiger partial charge in [0.1, 0.15) is 0 Å². The van der Waals surface area contributed by atoms with Crippen LogP contribution < -0.4 is 0 Å². The molecule has 0 aliphatic carbocycles. The molecule has 1 amide bonds. The molecule has 0 saturated carbocycles. The maximum Gasteiger partial charge on any atom is 0.307 e. The molecule has 21 heavy (non-hydrogen) atoms. The summed E-state index contributed by atoms with van der Waals surface area (Å²) in [6.45, 7) is 14.4. The van der Waals surface area contributed by atoms with Crippen LogP contribution >= 0.6 is 0 Å². The van der Waals surface area contributed by atoms with Gasteiger partial charge in [0.15, 0.2) is 0 Å². The first-order valence-electron chi connectivity index (χ1n) is 8.10. The van der Waals surface area contributed by atoms with Crippen LogP contribution in [0.25, 0.3) is 0 Å². The molecule has 0 N–H and O–H groups in total. The molecule has 0 aliphatic heterocycles. The molecule has 5 heteroatoms. The van der Waals surface area contributed by atoms with Gasteiger partial charge in [-0.1, -0.05) is 27.7 Å². The largest absolute Gasteiger partial charge is 0.466 e. The summed E-state index contributed by atoms with van der Waals surface area (Å²) in [6.07, 6.45) is 0.803. The van der Waals surface area contributed by atoms with Crippen molar-refractivity contribution in [2.75, 3.05) is 39.3 Å². The molecule has 0 aromatic carbocycles. The molecule has 0 rings (SSSR count). The van der Waals surface area contributed by atoms with E-state index in [0.717, 1.165) is 19.6 Å². The van der Waals surface area contributed by atoms with Crippen molar-refractivity contribution in [2.24, 2.45) is 5.92 Å². The quantitative estimate of drug-likeness (QED) is 0.549. The zero-order chi connectivity index (χ0) is 16.3. The monoisotopic (exact) mass is 300 g/mol. The van der Waals surface area contributed by atoms with Crippen LogP contribution in [0.15, 0.2) is 0 Å². The van der Waals surface area contributed by atoms with Crippen LogP contribution in [0.4, 0.5) is 0 Å². The van der Waals surface area contributed by atoms with Crippen LogP contribution in [-0.2, 0) is 14.3 Å². The van der Waals surface area contributed by atoms with Crippen LogP contribution in [0.2, 0.25) is 0 Å². The standard InChI is InChI=1S/C16H32N2O3/c1-6-17(7-2)11-12-18(15(19)13-14(4)5)10-9-16(20)21-8-3/h14H,6-13H2,1-5H3. The predicted molar refractivity (Wildman–Crippen MR) is 85.1 cm³/mol. The van der Waals surface area contributed by atoms with Crippen LogP contribution in [0.1, 0.15) is 47.5 Å². The number of esters is 1. The molecule has 0 unspecified atom stereocenters. The number of nitrogens with zero attached hydrogens (tertiary/aromatic N) is 2. The molecule has 0 fully saturated rings. The van der Waals surface area contributed by atoms with E-state index < -0.39 is 0 Å². The summed E-state index contributed by atoms with van der Waals surface area (Å²) in [7, 11) is 0. The van der Waals surface area contributed by atoms with Gasteiger partial charge < -0.3 is 14.5 Å². The molecule has 0 aliphatic rings. The average Bonchev–Trinajstić information content (AvgIpc) is 2.42. The van der Waals surface area contributed by atoms with E-state index in [1.54, 1.807) is 11.8 Å². The lowest BCUT2D eigenvalue weighted by Gasteiger charge is -2.27. The first-order valence-corrected chi connectivity index (χ1v) is 8.10. The Morgan fingerprint density at radius 1 is 1.00 bits per heavy atom. The topological polar surface area (TPSA) is 49.9 Å². The maximum atomic E-state index is 12.3. The van der Waals surface area contributed by atoms with Crippen molar-refractivity contribution in [3.63, 3.8) is 0 Å². The molecule has 0 spiro atoms. The van der Waals surface area contributed by atoms with Crippen molar-refractivity contribution in [3.8, 4) is 0 Å². The molecule has 5 nitrogen and oxygen atoms in total. The summed E-state index contributed by atoms with van der Waals surface area (Å²) in [4.78, 5) is 27.8. The number of hydrogen-bond acceptors (Lipinski definition) is 4. The fourth-order valence-electron chi connectivity index (χ4n) is 2.10. The van der Waals surface area contributed by atoms with Gasteiger partial charge in [0.05, 0.1) is 13.0 Å². The molecular formula is C16H32N2O3. The summed E-state index contributed by atoms with van der Waals surface area (Å²) < 4.78 is 4.93. The average molecular weight is 300 g/mol. The lowest BCUT2D eigenvalue weighted by atomic mass is 10.1. The SMILES string of the molecule is CCOC(=O)CCN(CCN(CC)CC)C(=O)CC(C)C. The zero-order valence-electron chi connectivity index (χ0n) is 14.4. The molecule has 0 saturated heterocycles. The highest BCUT2D eigenvalue weighted by Gasteiger charge is 2.17. The van der Waals surface area contributed by atoms with E-state index in [1.165, 1.54) is 0 Å². The smallest absolute Gasteiger partial charge is 0.307 e. The van der Waals surface area contributed by atoms with Crippen molar-refractivity contribution in [1.82, 2.24) is 9.80 Å². The fourth-order valence-corrected chi connectivity index (χ4v) is 2.10. The predicted octanol–water partition coefficient (Wildman–Crippen LogP) is 2.16. The minimum Gasteiger partial charge on any atom is -0.466 e. The first kappa shape index (κ1) is 19.9. The Kier molecular flexibility index (Phi) is 10.9. The molecule has 0 aromatic heterocycles. The Morgan fingerprint density at radius 2 is 1.62 bits per heavy atom. The lowest BCUT2D eigenvalue weighted by Crippen LogP contribution is -2.40. The van der Waals surface area contributed by atoms with Crippen molar-refractivity contribution >= 4 is 11.9 Å². The Labute approximate surface area is 129 Å². The van der Waals surface area contributed by atoms with Crippen LogP contribution in [-0.4, -0.2) is 61.0 Å². The second-order valence-electron chi connectivity index (χ2n) is 5.56. The summed E-state index contributed by atoms with van der Waals surface area (Å²) >= 11 is 0. The third-order valence-electron chi connectivity index (χ3n) is 3.41. The van der Waals surface area contributed by atoms with E-state index in [2.05, 4.69) is 18.7 Å². The van der Waals surface area contributed by atoms with Gasteiger partial charge in [-0.25, -0.2) is 0 Å². The minimum absolute atomic E-state index is 0.126. The number of likely N-dealkylation sites (N-methyl/N-ethyl adjacent to an activating group) is 1. The molecule has 0 atom stereocenters. The molecule has 0 radical (unpaired) electrons. The highest BCUT2D eigenvalue weighted by molar-refractivity contribution is 5.77. The van der Waals surface area contributed by atoms with Gasteiger partial charge in [0.25, 0.3) is 0 Å². The lowest BCUT2D eigenvalue weighted by molar-refractivity contribution is -0.144. The Bertz CT molecular complexity index is 302. The number of carbonyl (C=O) groups excluding carboxylic acids is 2. The molecule has 124 valence electrons. The zero-order valence-corrected chi connectivity index (χ0v) is 14.4. The fraction of sp³-hybridized carbons (Fsp3) is 0.875. The Balaban J connectivity index is 4.46. The van der Waals surface area contributed by atoms with Crippen LogP contribution in [0.3, 0.4) is 0 Å². The molecule has 0 bridgehead atoms. The molecule has 0 heterocycles. The van der Waals surface area contributed by atoms with Crippen LogP contribution in [0.5, 0.6) is 0 Å². The second-order valence-corrected chi connectivity index (χ2v) is 5.56. The highest BCUT2D eigenvalue weighted by Crippen LogP contribution is 2.06. The van der Waals surface area contributed by atoms with Gasteiger partial charge in [-0.3, -0.25) is 9.59 Å². The van der Waals surface area contributed by atoms with Crippen LogP contribution in [0, 0.1) is 5.92 Å². The van der Waals surface area contributed by atoms with Crippen molar-refractivity contribution in [2.45, 2.75) is 47.5 Å². The van der Waals surface area contributed by atoms with E-state index >= 15 is 0 Å². The van der Waals surface area contributed by atoms with E-state index in [-0.39, 0.29) is 18.3 Å². The molecular weight excluding hydrogens is 268 g/mol. The minimum atomic E-state index is -0.234. The number of carbonyl (C=O) groups is 2. The Morgan fingerprint density at radius 3 is 2.10 bits per heavy atom. The summed E-state index contributed by atoms with van der Waals surface area (Å²) in [5.41, 5.74) is 0.